The minimum atomic E-state index is -3.77. The maximum atomic E-state index is 11.2. The molecular formula is C13H19BrN2O4S. The fourth-order valence-electron chi connectivity index (χ4n) is 2.33. The van der Waals surface area contributed by atoms with Gasteiger partial charge in [0.05, 0.1) is 22.9 Å². The highest BCUT2D eigenvalue weighted by Crippen LogP contribution is 2.32. The number of nitrogens with two attached hydrogens (primary N) is 1. The van der Waals surface area contributed by atoms with Crippen LogP contribution in [0, 0.1) is 5.92 Å². The first kappa shape index (κ1) is 16.7. The Morgan fingerprint density at radius 1 is 1.52 bits per heavy atom. The SMILES string of the molecule is CC1(O)CCC(COc2ncc(S(N)(=O)=O)cc2Br)CC1. The minimum absolute atomic E-state index is 0.0598. The van der Waals surface area contributed by atoms with Crippen LogP contribution in [0.4, 0.5) is 0 Å². The van der Waals surface area contributed by atoms with Crippen LogP contribution in [0.1, 0.15) is 32.6 Å². The number of aliphatic hydroxyl groups is 1. The van der Waals surface area contributed by atoms with Gasteiger partial charge in [-0.05, 0) is 60.5 Å². The van der Waals surface area contributed by atoms with Crippen LogP contribution in [-0.2, 0) is 10.0 Å². The molecule has 0 amide bonds. The lowest BCUT2D eigenvalue weighted by Gasteiger charge is -2.32. The lowest BCUT2D eigenvalue weighted by molar-refractivity contribution is 0.00123. The Balaban J connectivity index is 1.95. The van der Waals surface area contributed by atoms with Crippen molar-refractivity contribution in [2.45, 2.75) is 43.1 Å². The molecule has 0 saturated heterocycles. The summed E-state index contributed by atoms with van der Waals surface area (Å²) in [7, 11) is -3.77. The molecule has 0 spiro atoms. The van der Waals surface area contributed by atoms with Crippen molar-refractivity contribution in [2.75, 3.05) is 6.61 Å². The largest absolute Gasteiger partial charge is 0.477 e. The van der Waals surface area contributed by atoms with Gasteiger partial charge in [-0.2, -0.15) is 0 Å². The highest BCUT2D eigenvalue weighted by atomic mass is 79.9. The molecule has 8 heteroatoms. The number of rotatable bonds is 4. The smallest absolute Gasteiger partial charge is 0.239 e. The van der Waals surface area contributed by atoms with Crippen molar-refractivity contribution in [2.24, 2.45) is 11.1 Å². The number of pyridine rings is 1. The van der Waals surface area contributed by atoms with Gasteiger partial charge in [0.25, 0.3) is 0 Å². The molecule has 1 heterocycles. The van der Waals surface area contributed by atoms with Gasteiger partial charge < -0.3 is 9.84 Å². The van der Waals surface area contributed by atoms with Crippen LogP contribution >= 0.6 is 15.9 Å². The van der Waals surface area contributed by atoms with Gasteiger partial charge in [0.15, 0.2) is 0 Å². The number of halogens is 1. The van der Waals surface area contributed by atoms with Gasteiger partial charge in [0.2, 0.25) is 15.9 Å². The molecule has 1 saturated carbocycles. The number of nitrogens with zero attached hydrogens (tertiary/aromatic N) is 1. The Hall–Kier alpha value is -0.700. The Labute approximate surface area is 132 Å². The molecule has 0 aromatic carbocycles. The van der Waals surface area contributed by atoms with Crippen LogP contribution in [0.3, 0.4) is 0 Å². The van der Waals surface area contributed by atoms with Crippen molar-refractivity contribution in [3.8, 4) is 5.88 Å². The third-order valence-electron chi connectivity index (χ3n) is 3.75. The van der Waals surface area contributed by atoms with Crippen molar-refractivity contribution in [3.05, 3.63) is 16.7 Å². The van der Waals surface area contributed by atoms with Gasteiger partial charge in [-0.1, -0.05) is 0 Å². The molecule has 1 aromatic rings. The molecule has 6 nitrogen and oxygen atoms in total. The van der Waals surface area contributed by atoms with E-state index in [1.165, 1.54) is 12.3 Å². The predicted octanol–water partition coefficient (Wildman–Crippen LogP) is 1.81. The van der Waals surface area contributed by atoms with Crippen LogP contribution in [0.5, 0.6) is 5.88 Å². The van der Waals surface area contributed by atoms with E-state index in [-0.39, 0.29) is 4.90 Å². The van der Waals surface area contributed by atoms with E-state index >= 15 is 0 Å². The number of primary sulfonamides is 1. The first-order valence-corrected chi connectivity index (χ1v) is 9.05. The van der Waals surface area contributed by atoms with Crippen molar-refractivity contribution in [1.82, 2.24) is 4.98 Å². The molecule has 2 rings (SSSR count). The van der Waals surface area contributed by atoms with E-state index in [1.54, 1.807) is 0 Å². The second-order valence-electron chi connectivity index (χ2n) is 5.75. The fourth-order valence-corrected chi connectivity index (χ4v) is 3.43. The minimum Gasteiger partial charge on any atom is -0.477 e. The maximum Gasteiger partial charge on any atom is 0.239 e. The van der Waals surface area contributed by atoms with E-state index in [1.807, 2.05) is 6.92 Å². The van der Waals surface area contributed by atoms with Crippen molar-refractivity contribution in [1.29, 1.82) is 0 Å². The molecule has 1 aliphatic carbocycles. The normalized spacial score (nSPS) is 26.6. The van der Waals surface area contributed by atoms with Gasteiger partial charge >= 0.3 is 0 Å². The van der Waals surface area contributed by atoms with Gasteiger partial charge in [-0.15, -0.1) is 0 Å². The number of ether oxygens (including phenoxy) is 1. The van der Waals surface area contributed by atoms with Gasteiger partial charge in [-0.25, -0.2) is 18.5 Å². The third-order valence-corrected chi connectivity index (χ3v) is 5.20. The van der Waals surface area contributed by atoms with E-state index in [2.05, 4.69) is 20.9 Å². The summed E-state index contributed by atoms with van der Waals surface area (Å²) in [4.78, 5) is 3.92. The zero-order valence-electron chi connectivity index (χ0n) is 11.8. The molecule has 0 unspecified atom stereocenters. The molecule has 1 fully saturated rings. The van der Waals surface area contributed by atoms with Crippen LogP contribution < -0.4 is 9.88 Å². The highest BCUT2D eigenvalue weighted by Gasteiger charge is 2.29. The molecule has 0 aliphatic heterocycles. The summed E-state index contributed by atoms with van der Waals surface area (Å²) >= 11 is 3.24. The number of hydrogen-bond donors (Lipinski definition) is 2. The number of hydrogen-bond acceptors (Lipinski definition) is 5. The summed E-state index contributed by atoms with van der Waals surface area (Å²) in [5, 5.41) is 14.9. The first-order valence-electron chi connectivity index (χ1n) is 6.71. The molecule has 0 radical (unpaired) electrons. The summed E-state index contributed by atoms with van der Waals surface area (Å²) in [6.07, 6.45) is 4.51. The van der Waals surface area contributed by atoms with Gasteiger partial charge in [-0.3, -0.25) is 0 Å². The predicted molar refractivity (Wildman–Crippen MR) is 81.4 cm³/mol. The Bertz CT molecular complexity index is 609. The molecule has 21 heavy (non-hydrogen) atoms. The number of aromatic nitrogens is 1. The summed E-state index contributed by atoms with van der Waals surface area (Å²) in [5.74, 6) is 0.719. The molecule has 118 valence electrons. The van der Waals surface area contributed by atoms with E-state index in [9.17, 15) is 13.5 Å². The van der Waals surface area contributed by atoms with Crippen LogP contribution in [-0.4, -0.2) is 30.7 Å². The van der Waals surface area contributed by atoms with Crippen molar-refractivity contribution in [3.63, 3.8) is 0 Å². The van der Waals surface area contributed by atoms with Gasteiger partial charge in [0, 0.05) is 0 Å². The second-order valence-corrected chi connectivity index (χ2v) is 8.17. The number of sulfonamides is 1. The lowest BCUT2D eigenvalue weighted by Crippen LogP contribution is -2.32. The standard InChI is InChI=1S/C13H19BrN2O4S/c1-13(17)4-2-9(3-5-13)8-20-12-11(14)6-10(7-16-12)21(15,18)19/h6-7,9,17H,2-5,8H2,1H3,(H2,15,18,19). The quantitative estimate of drug-likeness (QED) is 0.831. The average Bonchev–Trinajstić information content (AvgIpc) is 2.37. The van der Waals surface area contributed by atoms with Crippen molar-refractivity contribution >= 4 is 26.0 Å². The zero-order chi connectivity index (χ0) is 15.7. The monoisotopic (exact) mass is 378 g/mol. The third kappa shape index (κ3) is 4.64. The highest BCUT2D eigenvalue weighted by molar-refractivity contribution is 9.10. The van der Waals surface area contributed by atoms with Crippen LogP contribution in [0.25, 0.3) is 0 Å². The van der Waals surface area contributed by atoms with E-state index in [0.717, 1.165) is 25.7 Å². The molecule has 0 atom stereocenters. The van der Waals surface area contributed by atoms with E-state index in [0.29, 0.717) is 22.9 Å². The molecule has 1 aromatic heterocycles. The maximum absolute atomic E-state index is 11.2. The molecular weight excluding hydrogens is 360 g/mol. The summed E-state index contributed by atoms with van der Waals surface area (Å²) in [6.45, 7) is 2.35. The summed E-state index contributed by atoms with van der Waals surface area (Å²) in [5.41, 5.74) is -0.563. The molecule has 0 bridgehead atoms. The van der Waals surface area contributed by atoms with E-state index < -0.39 is 15.6 Å². The zero-order valence-corrected chi connectivity index (χ0v) is 14.2. The van der Waals surface area contributed by atoms with Gasteiger partial charge in [0.1, 0.15) is 4.90 Å². The van der Waals surface area contributed by atoms with Crippen molar-refractivity contribution < 1.29 is 18.3 Å². The average molecular weight is 379 g/mol. The summed E-state index contributed by atoms with van der Waals surface area (Å²) in [6, 6.07) is 1.38. The fraction of sp³-hybridized carbons (Fsp3) is 0.615. The lowest BCUT2D eigenvalue weighted by atomic mass is 9.80. The Morgan fingerprint density at radius 2 is 2.14 bits per heavy atom. The topological polar surface area (TPSA) is 103 Å². The second kappa shape index (κ2) is 6.20. The molecule has 1 aliphatic rings. The Kier molecular flexibility index (Phi) is 4.92. The summed E-state index contributed by atoms with van der Waals surface area (Å²) < 4.78 is 28.5. The first-order chi connectivity index (χ1) is 9.67. The molecule has 3 N–H and O–H groups in total. The Morgan fingerprint density at radius 3 is 2.67 bits per heavy atom. The van der Waals surface area contributed by atoms with Crippen LogP contribution in [0.15, 0.2) is 21.6 Å². The van der Waals surface area contributed by atoms with Crippen LogP contribution in [0.2, 0.25) is 0 Å². The van der Waals surface area contributed by atoms with E-state index in [4.69, 9.17) is 9.88 Å².